The molecule has 3 N–H and O–H groups in total. The summed E-state index contributed by atoms with van der Waals surface area (Å²) in [7, 11) is 0. The van der Waals surface area contributed by atoms with Gasteiger partial charge in [-0.05, 0) is 29.6 Å². The topological polar surface area (TPSA) is 85.1 Å². The van der Waals surface area contributed by atoms with Gasteiger partial charge in [-0.3, -0.25) is 9.59 Å². The molecule has 0 fully saturated rings. The van der Waals surface area contributed by atoms with E-state index in [1.165, 1.54) is 11.3 Å². The van der Waals surface area contributed by atoms with Gasteiger partial charge in [0.25, 0.3) is 0 Å². The van der Waals surface area contributed by atoms with Gasteiger partial charge in [-0.25, -0.2) is 4.98 Å². The van der Waals surface area contributed by atoms with E-state index in [0.717, 1.165) is 16.3 Å². The number of carbonyl (C=O) groups is 2. The number of thiophene rings is 1. The van der Waals surface area contributed by atoms with Crippen LogP contribution >= 0.6 is 22.7 Å². The summed E-state index contributed by atoms with van der Waals surface area (Å²) < 4.78 is 0. The molecule has 116 valence electrons. The molecule has 2 amide bonds. The van der Waals surface area contributed by atoms with Crippen molar-refractivity contribution in [2.75, 3.05) is 5.32 Å². The van der Waals surface area contributed by atoms with Gasteiger partial charge < -0.3 is 11.1 Å². The number of nitrogens with two attached hydrogens (primary N) is 1. The van der Waals surface area contributed by atoms with Gasteiger partial charge >= 0.3 is 0 Å². The Morgan fingerprint density at radius 2 is 2.09 bits per heavy atom. The van der Waals surface area contributed by atoms with Gasteiger partial charge in [0.15, 0.2) is 0 Å². The number of nitrogens with zero attached hydrogens (tertiary/aromatic N) is 1. The minimum absolute atomic E-state index is 0.182. The van der Waals surface area contributed by atoms with Crippen molar-refractivity contribution in [3.05, 3.63) is 57.7 Å². The molecule has 2 aromatic heterocycles. The zero-order valence-corrected chi connectivity index (χ0v) is 13.6. The predicted octanol–water partition coefficient (Wildman–Crippen LogP) is 3.15. The van der Waals surface area contributed by atoms with Crippen LogP contribution in [0.25, 0.3) is 10.6 Å². The lowest BCUT2D eigenvalue weighted by Crippen LogP contribution is -2.16. The number of thiazole rings is 1. The molecule has 0 spiro atoms. The highest BCUT2D eigenvalue weighted by Gasteiger charge is 2.10. The van der Waals surface area contributed by atoms with E-state index in [1.54, 1.807) is 35.6 Å². The Hall–Kier alpha value is -2.51. The third-order valence-electron chi connectivity index (χ3n) is 3.09. The van der Waals surface area contributed by atoms with Gasteiger partial charge in [0, 0.05) is 27.6 Å². The first-order valence-corrected chi connectivity index (χ1v) is 8.61. The molecular formula is C16H13N3O2S2. The van der Waals surface area contributed by atoms with Gasteiger partial charge in [-0.1, -0.05) is 6.07 Å². The summed E-state index contributed by atoms with van der Waals surface area (Å²) in [5.41, 5.74) is 7.92. The molecule has 23 heavy (non-hydrogen) atoms. The van der Waals surface area contributed by atoms with Crippen molar-refractivity contribution in [3.8, 4) is 10.6 Å². The molecule has 0 atom stereocenters. The van der Waals surface area contributed by atoms with Crippen molar-refractivity contribution in [1.29, 1.82) is 0 Å². The molecule has 3 rings (SSSR count). The van der Waals surface area contributed by atoms with Crippen LogP contribution in [0.2, 0.25) is 0 Å². The summed E-state index contributed by atoms with van der Waals surface area (Å²) in [5.74, 6) is -0.713. The summed E-state index contributed by atoms with van der Waals surface area (Å²) in [6.45, 7) is 0. The van der Waals surface area contributed by atoms with Crippen LogP contribution in [0.5, 0.6) is 0 Å². The van der Waals surface area contributed by atoms with Crippen molar-refractivity contribution in [2.45, 2.75) is 6.42 Å². The summed E-state index contributed by atoms with van der Waals surface area (Å²) in [4.78, 5) is 27.7. The number of benzene rings is 1. The molecule has 5 nitrogen and oxygen atoms in total. The number of nitrogens with one attached hydrogen (secondary N) is 1. The molecule has 3 aromatic rings. The number of rotatable bonds is 5. The lowest BCUT2D eigenvalue weighted by atomic mass is 10.2. The summed E-state index contributed by atoms with van der Waals surface area (Å²) in [6.07, 6.45) is 0.182. The van der Waals surface area contributed by atoms with E-state index in [2.05, 4.69) is 10.3 Å². The minimum atomic E-state index is -0.527. The molecule has 0 bridgehead atoms. The van der Waals surface area contributed by atoms with Gasteiger partial charge in [-0.2, -0.15) is 11.3 Å². The van der Waals surface area contributed by atoms with Gasteiger partial charge in [0.05, 0.1) is 12.1 Å². The summed E-state index contributed by atoms with van der Waals surface area (Å²) in [5, 5.41) is 9.56. The maximum absolute atomic E-state index is 12.1. The number of amides is 2. The van der Waals surface area contributed by atoms with Gasteiger partial charge in [0.2, 0.25) is 11.8 Å². The summed E-state index contributed by atoms with van der Waals surface area (Å²) >= 11 is 3.13. The van der Waals surface area contributed by atoms with E-state index in [-0.39, 0.29) is 12.3 Å². The first kappa shape index (κ1) is 15.4. The Labute approximate surface area is 140 Å². The fraction of sp³-hybridized carbons (Fsp3) is 0.0625. The lowest BCUT2D eigenvalue weighted by molar-refractivity contribution is -0.115. The Morgan fingerprint density at radius 3 is 2.83 bits per heavy atom. The van der Waals surface area contributed by atoms with E-state index in [9.17, 15) is 9.59 Å². The van der Waals surface area contributed by atoms with Gasteiger partial charge in [0.1, 0.15) is 5.01 Å². The fourth-order valence-electron chi connectivity index (χ4n) is 2.03. The van der Waals surface area contributed by atoms with Crippen molar-refractivity contribution >= 4 is 40.2 Å². The number of hydrogen-bond donors (Lipinski definition) is 2. The predicted molar refractivity (Wildman–Crippen MR) is 92.7 cm³/mol. The van der Waals surface area contributed by atoms with Crippen LogP contribution in [0, 0.1) is 0 Å². The molecule has 0 aliphatic heterocycles. The van der Waals surface area contributed by atoms with Crippen LogP contribution in [0.15, 0.2) is 46.5 Å². The molecule has 0 aliphatic carbocycles. The minimum Gasteiger partial charge on any atom is -0.366 e. The maximum Gasteiger partial charge on any atom is 0.248 e. The summed E-state index contributed by atoms with van der Waals surface area (Å²) in [6, 6.07) is 8.54. The maximum atomic E-state index is 12.1. The van der Waals surface area contributed by atoms with Crippen LogP contribution in [0.3, 0.4) is 0 Å². The van der Waals surface area contributed by atoms with Crippen molar-refractivity contribution < 1.29 is 9.59 Å². The smallest absolute Gasteiger partial charge is 0.248 e. The van der Waals surface area contributed by atoms with Crippen molar-refractivity contribution in [2.24, 2.45) is 5.73 Å². The van der Waals surface area contributed by atoms with E-state index < -0.39 is 5.91 Å². The van der Waals surface area contributed by atoms with Crippen LogP contribution in [0.1, 0.15) is 16.1 Å². The monoisotopic (exact) mass is 343 g/mol. The van der Waals surface area contributed by atoms with Crippen LogP contribution in [-0.2, 0) is 11.2 Å². The molecule has 0 unspecified atom stereocenters. The Balaban J connectivity index is 1.66. The number of anilines is 1. The second kappa shape index (κ2) is 6.72. The van der Waals surface area contributed by atoms with E-state index >= 15 is 0 Å². The van der Waals surface area contributed by atoms with Crippen molar-refractivity contribution in [3.63, 3.8) is 0 Å². The zero-order chi connectivity index (χ0) is 16.2. The third kappa shape index (κ3) is 3.82. The molecule has 7 heteroatoms. The quantitative estimate of drug-likeness (QED) is 0.746. The Kier molecular flexibility index (Phi) is 4.50. The van der Waals surface area contributed by atoms with Crippen LogP contribution in [0.4, 0.5) is 5.69 Å². The molecule has 0 aliphatic rings. The number of primary amides is 1. The zero-order valence-electron chi connectivity index (χ0n) is 12.0. The fourth-order valence-corrected chi connectivity index (χ4v) is 3.56. The Bertz CT molecular complexity index is 841. The SMILES string of the molecule is NC(=O)c1cccc(NC(=O)Cc2csc(-c3ccsc3)n2)c1. The highest BCUT2D eigenvalue weighted by molar-refractivity contribution is 7.14. The Morgan fingerprint density at radius 1 is 1.22 bits per heavy atom. The van der Waals surface area contributed by atoms with Crippen LogP contribution < -0.4 is 11.1 Å². The van der Waals surface area contributed by atoms with Crippen LogP contribution in [-0.4, -0.2) is 16.8 Å². The normalized spacial score (nSPS) is 10.4. The average Bonchev–Trinajstić information content (AvgIpc) is 3.18. The first-order chi connectivity index (χ1) is 11.1. The number of carbonyl (C=O) groups excluding carboxylic acids is 2. The van der Waals surface area contributed by atoms with E-state index in [4.69, 9.17) is 5.73 Å². The van der Waals surface area contributed by atoms with E-state index in [0.29, 0.717) is 11.3 Å². The standard InChI is InChI=1S/C16H13N3O2S2/c17-15(21)10-2-1-3-12(6-10)18-14(20)7-13-9-23-16(19-13)11-4-5-22-8-11/h1-6,8-9H,7H2,(H2,17,21)(H,18,20). The van der Waals surface area contributed by atoms with E-state index in [1.807, 2.05) is 22.2 Å². The van der Waals surface area contributed by atoms with Gasteiger partial charge in [-0.15, -0.1) is 11.3 Å². The van der Waals surface area contributed by atoms with Crippen molar-refractivity contribution in [1.82, 2.24) is 4.98 Å². The lowest BCUT2D eigenvalue weighted by Gasteiger charge is -2.05. The number of aromatic nitrogens is 1. The molecule has 0 radical (unpaired) electrons. The second-order valence-electron chi connectivity index (χ2n) is 4.83. The average molecular weight is 343 g/mol. The molecule has 2 heterocycles. The highest BCUT2D eigenvalue weighted by atomic mass is 32.1. The third-order valence-corrected chi connectivity index (χ3v) is 4.72. The molecular weight excluding hydrogens is 330 g/mol. The second-order valence-corrected chi connectivity index (χ2v) is 6.46. The largest absolute Gasteiger partial charge is 0.366 e. The molecule has 1 aromatic carbocycles. The number of hydrogen-bond acceptors (Lipinski definition) is 5. The first-order valence-electron chi connectivity index (χ1n) is 6.78. The molecule has 0 saturated carbocycles. The molecule has 0 saturated heterocycles. The highest BCUT2D eigenvalue weighted by Crippen LogP contribution is 2.25.